The Kier molecular flexibility index (Phi) is 7.62. The van der Waals surface area contributed by atoms with Gasteiger partial charge in [0.1, 0.15) is 4.90 Å². The minimum absolute atomic E-state index is 0.0921. The van der Waals surface area contributed by atoms with Gasteiger partial charge < -0.3 is 10.2 Å². The number of sulfonamides is 1. The van der Waals surface area contributed by atoms with Gasteiger partial charge in [-0.2, -0.15) is 4.31 Å². The van der Waals surface area contributed by atoms with Gasteiger partial charge >= 0.3 is 0 Å². The molecule has 188 valence electrons. The van der Waals surface area contributed by atoms with Gasteiger partial charge in [0.15, 0.2) is 5.78 Å². The Morgan fingerprint density at radius 3 is 2.11 bits per heavy atom. The molecular formula is C27H35N3O4S. The summed E-state index contributed by atoms with van der Waals surface area (Å²) in [5.74, 6) is 0.622. The molecule has 0 saturated carbocycles. The number of benzene rings is 2. The molecule has 8 heteroatoms. The molecule has 0 spiro atoms. The predicted molar refractivity (Wildman–Crippen MR) is 139 cm³/mol. The van der Waals surface area contributed by atoms with Gasteiger partial charge in [-0.05, 0) is 74.8 Å². The maximum atomic E-state index is 13.8. The zero-order valence-corrected chi connectivity index (χ0v) is 21.6. The highest BCUT2D eigenvalue weighted by Gasteiger charge is 2.32. The third kappa shape index (κ3) is 5.76. The Labute approximate surface area is 208 Å². The van der Waals surface area contributed by atoms with Crippen LogP contribution in [-0.2, 0) is 10.0 Å². The predicted octanol–water partition coefficient (Wildman–Crippen LogP) is 4.80. The minimum atomic E-state index is -3.76. The quantitative estimate of drug-likeness (QED) is 0.580. The molecule has 0 aromatic heterocycles. The molecule has 2 fully saturated rings. The van der Waals surface area contributed by atoms with Crippen LogP contribution in [0.15, 0.2) is 47.4 Å². The number of nitrogens with one attached hydrogen (secondary N) is 1. The monoisotopic (exact) mass is 497 g/mol. The summed E-state index contributed by atoms with van der Waals surface area (Å²) in [6, 6.07) is 11.7. The number of nitrogens with zero attached hydrogens (tertiary/aromatic N) is 2. The van der Waals surface area contributed by atoms with Crippen molar-refractivity contribution in [1.82, 2.24) is 4.31 Å². The number of carbonyl (C=O) groups is 2. The maximum absolute atomic E-state index is 13.8. The number of piperidine rings is 2. The lowest BCUT2D eigenvalue weighted by molar-refractivity contribution is 0.101. The molecule has 0 bridgehead atoms. The first-order chi connectivity index (χ1) is 16.6. The van der Waals surface area contributed by atoms with E-state index >= 15 is 0 Å². The van der Waals surface area contributed by atoms with Crippen molar-refractivity contribution in [3.05, 3.63) is 53.6 Å². The van der Waals surface area contributed by atoms with E-state index in [1.807, 2.05) is 0 Å². The van der Waals surface area contributed by atoms with Crippen LogP contribution in [0.5, 0.6) is 0 Å². The summed E-state index contributed by atoms with van der Waals surface area (Å²) in [7, 11) is -3.76. The van der Waals surface area contributed by atoms with Crippen LogP contribution < -0.4 is 10.2 Å². The SMILES string of the molecule is CC(=O)c1cccc(NC(=O)c2ccc(N3CCC(C)CC3)c(S(=O)(=O)N3CCC(C)CC3)c2)c1. The number of hydrogen-bond donors (Lipinski definition) is 1. The third-order valence-corrected chi connectivity index (χ3v) is 9.16. The van der Waals surface area contributed by atoms with E-state index in [1.165, 1.54) is 13.0 Å². The van der Waals surface area contributed by atoms with Crippen molar-refractivity contribution in [2.24, 2.45) is 11.8 Å². The molecule has 7 nitrogen and oxygen atoms in total. The van der Waals surface area contributed by atoms with Crippen molar-refractivity contribution in [2.75, 3.05) is 36.4 Å². The van der Waals surface area contributed by atoms with Gasteiger partial charge in [-0.3, -0.25) is 9.59 Å². The fraction of sp³-hybridized carbons (Fsp3) is 0.481. The van der Waals surface area contributed by atoms with Crippen molar-refractivity contribution >= 4 is 33.1 Å². The number of anilines is 2. The molecule has 0 aliphatic carbocycles. The van der Waals surface area contributed by atoms with Crippen molar-refractivity contribution in [2.45, 2.75) is 51.3 Å². The molecule has 4 rings (SSSR count). The summed E-state index contributed by atoms with van der Waals surface area (Å²) in [6.45, 7) is 8.42. The normalized spacial score (nSPS) is 18.4. The fourth-order valence-corrected chi connectivity index (χ4v) is 6.46. The molecule has 1 N–H and O–H groups in total. The number of Topliss-reactive ketones (excluding diaryl/α,β-unsaturated/α-hetero) is 1. The first-order valence-corrected chi connectivity index (χ1v) is 13.9. The second-order valence-electron chi connectivity index (χ2n) is 10.0. The minimum Gasteiger partial charge on any atom is -0.370 e. The topological polar surface area (TPSA) is 86.8 Å². The van der Waals surface area contributed by atoms with Gasteiger partial charge in [-0.25, -0.2) is 8.42 Å². The van der Waals surface area contributed by atoms with Crippen LogP contribution in [0.1, 0.15) is 67.2 Å². The molecule has 2 aromatic carbocycles. The maximum Gasteiger partial charge on any atom is 0.255 e. The lowest BCUT2D eigenvalue weighted by atomic mass is 9.98. The summed E-state index contributed by atoms with van der Waals surface area (Å²) in [5.41, 5.74) is 1.94. The number of carbonyl (C=O) groups excluding carboxylic acids is 2. The Bertz CT molecular complexity index is 1190. The highest BCUT2D eigenvalue weighted by Crippen LogP contribution is 2.34. The van der Waals surface area contributed by atoms with Gasteiger partial charge in [0.25, 0.3) is 5.91 Å². The summed E-state index contributed by atoms with van der Waals surface area (Å²) >= 11 is 0. The highest BCUT2D eigenvalue weighted by atomic mass is 32.2. The largest absolute Gasteiger partial charge is 0.370 e. The molecule has 2 aromatic rings. The van der Waals surface area contributed by atoms with Crippen molar-refractivity contribution in [3.8, 4) is 0 Å². The van der Waals surface area contributed by atoms with Gasteiger partial charge in [0, 0.05) is 43.0 Å². The Hall–Kier alpha value is -2.71. The van der Waals surface area contributed by atoms with E-state index in [9.17, 15) is 18.0 Å². The number of rotatable bonds is 6. The Balaban J connectivity index is 1.67. The van der Waals surface area contributed by atoms with E-state index in [2.05, 4.69) is 24.1 Å². The van der Waals surface area contributed by atoms with E-state index in [0.717, 1.165) is 38.8 Å². The molecule has 1 amide bonds. The average Bonchev–Trinajstić information content (AvgIpc) is 2.84. The number of hydrogen-bond acceptors (Lipinski definition) is 5. The summed E-state index contributed by atoms with van der Waals surface area (Å²) in [4.78, 5) is 27.1. The second kappa shape index (κ2) is 10.5. The lowest BCUT2D eigenvalue weighted by Gasteiger charge is -2.35. The van der Waals surface area contributed by atoms with Crippen molar-refractivity contribution < 1.29 is 18.0 Å². The summed E-state index contributed by atoms with van der Waals surface area (Å²) < 4.78 is 29.2. The van der Waals surface area contributed by atoms with Crippen LogP contribution in [-0.4, -0.2) is 50.6 Å². The van der Waals surface area contributed by atoms with Crippen LogP contribution >= 0.6 is 0 Å². The van der Waals surface area contributed by atoms with Crippen LogP contribution in [0, 0.1) is 11.8 Å². The van der Waals surface area contributed by atoms with Crippen LogP contribution in [0.4, 0.5) is 11.4 Å². The van der Waals surface area contributed by atoms with Gasteiger partial charge in [-0.15, -0.1) is 0 Å². The smallest absolute Gasteiger partial charge is 0.255 e. The van der Waals surface area contributed by atoms with E-state index < -0.39 is 15.9 Å². The van der Waals surface area contributed by atoms with Crippen LogP contribution in [0.3, 0.4) is 0 Å². The zero-order chi connectivity index (χ0) is 25.2. The molecule has 2 saturated heterocycles. The number of amides is 1. The van der Waals surface area contributed by atoms with Crippen molar-refractivity contribution in [1.29, 1.82) is 0 Å². The van der Waals surface area contributed by atoms with E-state index in [1.54, 1.807) is 40.7 Å². The van der Waals surface area contributed by atoms with E-state index in [0.29, 0.717) is 41.9 Å². The zero-order valence-electron chi connectivity index (χ0n) is 20.8. The van der Waals surface area contributed by atoms with Gasteiger partial charge in [-0.1, -0.05) is 26.0 Å². The Morgan fingerprint density at radius 1 is 0.857 bits per heavy atom. The van der Waals surface area contributed by atoms with E-state index in [4.69, 9.17) is 0 Å². The second-order valence-corrected chi connectivity index (χ2v) is 11.9. The van der Waals surface area contributed by atoms with Gasteiger partial charge in [0.2, 0.25) is 10.0 Å². The number of ketones is 1. The fourth-order valence-electron chi connectivity index (χ4n) is 4.76. The molecular weight excluding hydrogens is 462 g/mol. The third-order valence-electron chi connectivity index (χ3n) is 7.23. The molecule has 2 aliphatic heterocycles. The highest BCUT2D eigenvalue weighted by molar-refractivity contribution is 7.89. The molecule has 0 unspecified atom stereocenters. The molecule has 2 heterocycles. The molecule has 35 heavy (non-hydrogen) atoms. The molecule has 2 aliphatic rings. The molecule has 0 atom stereocenters. The van der Waals surface area contributed by atoms with Crippen LogP contribution in [0.2, 0.25) is 0 Å². The van der Waals surface area contributed by atoms with Gasteiger partial charge in [0.05, 0.1) is 5.69 Å². The van der Waals surface area contributed by atoms with E-state index in [-0.39, 0.29) is 16.2 Å². The standard InChI is InChI=1S/C27H35N3O4S/c1-19-9-13-29(14-10-19)25-8-7-23(27(32)28-24-6-4-5-22(17-24)21(3)31)18-26(25)35(33,34)30-15-11-20(2)12-16-30/h4-8,17-20H,9-16H2,1-3H3,(H,28,32). The summed E-state index contributed by atoms with van der Waals surface area (Å²) in [6.07, 6.45) is 3.69. The van der Waals surface area contributed by atoms with Crippen molar-refractivity contribution in [3.63, 3.8) is 0 Å². The average molecular weight is 498 g/mol. The first kappa shape index (κ1) is 25.4. The Morgan fingerprint density at radius 2 is 1.49 bits per heavy atom. The lowest BCUT2D eigenvalue weighted by Crippen LogP contribution is -2.39. The first-order valence-electron chi connectivity index (χ1n) is 12.5. The molecule has 0 radical (unpaired) electrons. The summed E-state index contributed by atoms with van der Waals surface area (Å²) in [5, 5.41) is 2.81. The van der Waals surface area contributed by atoms with Crippen LogP contribution in [0.25, 0.3) is 0 Å².